The SMILES string of the molecule is O=C(NC1CCN(C2CC2)C1)c1ccnc(C(=O)NC2CCN(C3CC3)C2)c1. The Hall–Kier alpha value is -1.99. The highest BCUT2D eigenvalue weighted by Gasteiger charge is 2.36. The summed E-state index contributed by atoms with van der Waals surface area (Å²) in [6, 6.07) is 5.16. The first-order valence-electron chi connectivity index (χ1n) is 10.7. The minimum atomic E-state index is -0.182. The van der Waals surface area contributed by atoms with Crippen molar-refractivity contribution in [3.63, 3.8) is 0 Å². The molecule has 2 aliphatic heterocycles. The molecule has 7 heteroatoms. The number of pyridine rings is 1. The van der Waals surface area contributed by atoms with Crippen LogP contribution in [0.25, 0.3) is 0 Å². The van der Waals surface area contributed by atoms with E-state index in [1.165, 1.54) is 25.7 Å². The van der Waals surface area contributed by atoms with Gasteiger partial charge in [0.1, 0.15) is 5.69 Å². The number of likely N-dealkylation sites (tertiary alicyclic amines) is 2. The molecule has 2 atom stereocenters. The number of rotatable bonds is 6. The molecule has 150 valence electrons. The predicted octanol–water partition coefficient (Wildman–Crippen LogP) is 1.01. The van der Waals surface area contributed by atoms with Gasteiger partial charge in [-0.25, -0.2) is 0 Å². The Morgan fingerprint density at radius 1 is 0.857 bits per heavy atom. The van der Waals surface area contributed by atoms with Crippen molar-refractivity contribution in [2.24, 2.45) is 0 Å². The standard InChI is InChI=1S/C21H29N5O2/c27-20(23-15-6-9-25(12-15)17-1-2-17)14-5-8-22-19(11-14)21(28)24-16-7-10-26(13-16)18-3-4-18/h5,8,11,15-18H,1-4,6-7,9-10,12-13H2,(H,23,27)(H,24,28). The van der Waals surface area contributed by atoms with Crippen molar-refractivity contribution in [3.8, 4) is 0 Å². The second-order valence-electron chi connectivity index (χ2n) is 8.80. The van der Waals surface area contributed by atoms with Crippen molar-refractivity contribution >= 4 is 11.8 Å². The Morgan fingerprint density at radius 2 is 1.43 bits per heavy atom. The first kappa shape index (κ1) is 18.1. The van der Waals surface area contributed by atoms with Gasteiger partial charge in [-0.05, 0) is 50.7 Å². The molecule has 2 amide bonds. The Labute approximate surface area is 165 Å². The molecule has 0 aromatic carbocycles. The van der Waals surface area contributed by atoms with Gasteiger partial charge in [0.25, 0.3) is 11.8 Å². The van der Waals surface area contributed by atoms with Gasteiger partial charge in [-0.1, -0.05) is 0 Å². The van der Waals surface area contributed by atoms with Crippen molar-refractivity contribution in [2.75, 3.05) is 26.2 Å². The molecule has 2 saturated carbocycles. The van der Waals surface area contributed by atoms with Gasteiger partial charge in [0.05, 0.1) is 0 Å². The summed E-state index contributed by atoms with van der Waals surface area (Å²) in [6.45, 7) is 3.99. The third kappa shape index (κ3) is 4.05. The fourth-order valence-corrected chi connectivity index (χ4v) is 4.58. The molecule has 2 N–H and O–H groups in total. The maximum atomic E-state index is 12.6. The predicted molar refractivity (Wildman–Crippen MR) is 105 cm³/mol. The van der Waals surface area contributed by atoms with Gasteiger partial charge in [0, 0.05) is 62.1 Å². The van der Waals surface area contributed by atoms with Crippen molar-refractivity contribution < 1.29 is 9.59 Å². The third-order valence-corrected chi connectivity index (χ3v) is 6.49. The summed E-state index contributed by atoms with van der Waals surface area (Å²) in [4.78, 5) is 34.4. The van der Waals surface area contributed by atoms with E-state index in [0.717, 1.165) is 51.1 Å². The molecular weight excluding hydrogens is 354 g/mol. The normalized spacial score (nSPS) is 28.4. The Kier molecular flexibility index (Phi) is 4.80. The van der Waals surface area contributed by atoms with Crippen molar-refractivity contribution in [2.45, 2.75) is 62.7 Å². The molecule has 3 heterocycles. The number of nitrogens with zero attached hydrogens (tertiary/aromatic N) is 3. The lowest BCUT2D eigenvalue weighted by molar-refractivity contribution is 0.0932. The van der Waals surface area contributed by atoms with Crippen LogP contribution in [0.1, 0.15) is 59.4 Å². The zero-order chi connectivity index (χ0) is 19.1. The summed E-state index contributed by atoms with van der Waals surface area (Å²) in [5.74, 6) is -0.294. The number of amides is 2. The van der Waals surface area contributed by atoms with Crippen molar-refractivity contribution in [1.82, 2.24) is 25.4 Å². The van der Waals surface area contributed by atoms with Gasteiger partial charge < -0.3 is 10.6 Å². The summed E-state index contributed by atoms with van der Waals surface area (Å²) in [7, 11) is 0. The topological polar surface area (TPSA) is 77.6 Å². The van der Waals surface area contributed by atoms with E-state index in [1.807, 2.05) is 0 Å². The molecule has 0 spiro atoms. The van der Waals surface area contributed by atoms with E-state index in [2.05, 4.69) is 25.4 Å². The van der Waals surface area contributed by atoms with Crippen molar-refractivity contribution in [1.29, 1.82) is 0 Å². The number of carbonyl (C=O) groups is 2. The van der Waals surface area contributed by atoms with Gasteiger partial charge in [0.15, 0.2) is 0 Å². The number of hydrogen-bond acceptors (Lipinski definition) is 5. The monoisotopic (exact) mass is 383 g/mol. The minimum absolute atomic E-state index is 0.111. The summed E-state index contributed by atoms with van der Waals surface area (Å²) >= 11 is 0. The maximum absolute atomic E-state index is 12.6. The molecule has 1 aromatic heterocycles. The van der Waals surface area contributed by atoms with E-state index < -0.39 is 0 Å². The molecule has 7 nitrogen and oxygen atoms in total. The van der Waals surface area contributed by atoms with E-state index in [9.17, 15) is 9.59 Å². The number of nitrogens with one attached hydrogen (secondary N) is 2. The molecule has 0 bridgehead atoms. The first-order chi connectivity index (χ1) is 13.7. The summed E-state index contributed by atoms with van der Waals surface area (Å²) in [6.07, 6.45) is 8.71. The lowest BCUT2D eigenvalue weighted by atomic mass is 10.1. The van der Waals surface area contributed by atoms with Gasteiger partial charge in [0.2, 0.25) is 0 Å². The lowest BCUT2D eigenvalue weighted by Gasteiger charge is -2.16. The molecule has 2 saturated heterocycles. The van der Waals surface area contributed by atoms with E-state index >= 15 is 0 Å². The Bertz CT molecular complexity index is 702. The van der Waals surface area contributed by atoms with Crippen LogP contribution in [0.3, 0.4) is 0 Å². The number of hydrogen-bond donors (Lipinski definition) is 2. The molecule has 4 fully saturated rings. The Morgan fingerprint density at radius 3 is 2.00 bits per heavy atom. The molecule has 28 heavy (non-hydrogen) atoms. The van der Waals surface area contributed by atoms with Crippen LogP contribution in [0.2, 0.25) is 0 Å². The van der Waals surface area contributed by atoms with E-state index in [1.54, 1.807) is 18.3 Å². The highest BCUT2D eigenvalue weighted by Crippen LogP contribution is 2.30. The number of aromatic nitrogens is 1. The first-order valence-corrected chi connectivity index (χ1v) is 10.7. The molecule has 4 aliphatic rings. The average Bonchev–Trinajstić information content (AvgIpc) is 3.64. The molecule has 2 aliphatic carbocycles. The van der Waals surface area contributed by atoms with Crippen LogP contribution in [-0.2, 0) is 0 Å². The van der Waals surface area contributed by atoms with Crippen LogP contribution < -0.4 is 10.6 Å². The third-order valence-electron chi connectivity index (χ3n) is 6.49. The van der Waals surface area contributed by atoms with Gasteiger partial charge >= 0.3 is 0 Å². The fraction of sp³-hybridized carbons (Fsp3) is 0.667. The second kappa shape index (κ2) is 7.44. The smallest absolute Gasteiger partial charge is 0.270 e. The second-order valence-corrected chi connectivity index (χ2v) is 8.80. The van der Waals surface area contributed by atoms with Gasteiger partial charge in [-0.15, -0.1) is 0 Å². The van der Waals surface area contributed by atoms with Crippen LogP contribution in [0.15, 0.2) is 18.3 Å². The average molecular weight is 383 g/mol. The van der Waals surface area contributed by atoms with Crippen LogP contribution in [-0.4, -0.2) is 76.9 Å². The van der Waals surface area contributed by atoms with Crippen molar-refractivity contribution in [3.05, 3.63) is 29.6 Å². The molecule has 2 unspecified atom stereocenters. The van der Waals surface area contributed by atoms with E-state index in [4.69, 9.17) is 0 Å². The largest absolute Gasteiger partial charge is 0.348 e. The summed E-state index contributed by atoms with van der Waals surface area (Å²) < 4.78 is 0. The zero-order valence-corrected chi connectivity index (χ0v) is 16.3. The fourth-order valence-electron chi connectivity index (χ4n) is 4.58. The van der Waals surface area contributed by atoms with Crippen LogP contribution in [0.5, 0.6) is 0 Å². The highest BCUT2D eigenvalue weighted by molar-refractivity contribution is 5.98. The Balaban J connectivity index is 1.16. The van der Waals surface area contributed by atoms with Gasteiger partial charge in [-0.3, -0.25) is 24.4 Å². The molecule has 0 radical (unpaired) electrons. The van der Waals surface area contributed by atoms with Gasteiger partial charge in [-0.2, -0.15) is 0 Å². The van der Waals surface area contributed by atoms with Crippen LogP contribution >= 0.6 is 0 Å². The highest BCUT2D eigenvalue weighted by atomic mass is 16.2. The minimum Gasteiger partial charge on any atom is -0.348 e. The van der Waals surface area contributed by atoms with Crippen LogP contribution in [0.4, 0.5) is 0 Å². The molecule has 5 rings (SSSR count). The maximum Gasteiger partial charge on any atom is 0.270 e. The van der Waals surface area contributed by atoms with E-state index in [0.29, 0.717) is 11.3 Å². The lowest BCUT2D eigenvalue weighted by Crippen LogP contribution is -2.39. The quantitative estimate of drug-likeness (QED) is 0.767. The van der Waals surface area contributed by atoms with Crippen LogP contribution in [0, 0.1) is 0 Å². The molecule has 1 aromatic rings. The zero-order valence-electron chi connectivity index (χ0n) is 16.3. The number of carbonyl (C=O) groups excluding carboxylic acids is 2. The summed E-state index contributed by atoms with van der Waals surface area (Å²) in [5.41, 5.74) is 0.833. The molecular formula is C21H29N5O2. The van der Waals surface area contributed by atoms with E-state index in [-0.39, 0.29) is 23.9 Å². The summed E-state index contributed by atoms with van der Waals surface area (Å²) in [5, 5.41) is 6.22.